The van der Waals surface area contributed by atoms with Gasteiger partial charge in [0.15, 0.2) is 11.4 Å². The molecule has 10 nitrogen and oxygen atoms in total. The van der Waals surface area contributed by atoms with Crippen LogP contribution in [0.3, 0.4) is 0 Å². The Kier molecular flexibility index (Phi) is 4.81. The minimum Gasteiger partial charge on any atom is -0.488 e. The molecule has 0 saturated carbocycles. The van der Waals surface area contributed by atoms with Crippen molar-refractivity contribution in [1.82, 2.24) is 29.9 Å². The summed E-state index contributed by atoms with van der Waals surface area (Å²) in [4.78, 5) is 15.3. The topological polar surface area (TPSA) is 102 Å². The zero-order valence-corrected chi connectivity index (χ0v) is 19.1. The molecule has 0 amide bonds. The largest absolute Gasteiger partial charge is 0.488 e. The first-order chi connectivity index (χ1) is 17.7. The Morgan fingerprint density at radius 3 is 2.94 bits per heavy atom. The third-order valence-corrected chi connectivity index (χ3v) is 6.50. The highest BCUT2D eigenvalue weighted by Crippen LogP contribution is 2.43. The highest BCUT2D eigenvalue weighted by Gasteiger charge is 2.31. The van der Waals surface area contributed by atoms with Crippen LogP contribution in [0.15, 0.2) is 61.3 Å². The second-order valence-corrected chi connectivity index (χ2v) is 8.69. The van der Waals surface area contributed by atoms with E-state index in [1.807, 2.05) is 12.1 Å². The number of halogens is 1. The molecule has 2 aliphatic rings. The van der Waals surface area contributed by atoms with Gasteiger partial charge in [0.1, 0.15) is 42.4 Å². The van der Waals surface area contributed by atoms with Crippen molar-refractivity contribution in [2.24, 2.45) is 0 Å². The maximum absolute atomic E-state index is 15.1. The monoisotopic (exact) mass is 484 g/mol. The van der Waals surface area contributed by atoms with Gasteiger partial charge in [-0.2, -0.15) is 5.10 Å². The zero-order valence-electron chi connectivity index (χ0n) is 19.1. The number of piperazine rings is 1. The summed E-state index contributed by atoms with van der Waals surface area (Å²) in [5.74, 6) is 1.62. The van der Waals surface area contributed by atoms with E-state index in [1.54, 1.807) is 35.0 Å². The second-order valence-electron chi connectivity index (χ2n) is 8.69. The number of ether oxygens (including phenoxy) is 2. The van der Waals surface area contributed by atoms with Crippen LogP contribution >= 0.6 is 0 Å². The van der Waals surface area contributed by atoms with E-state index in [9.17, 15) is 0 Å². The van der Waals surface area contributed by atoms with Crippen molar-refractivity contribution in [3.05, 3.63) is 67.1 Å². The number of aromatic nitrogens is 5. The molecule has 0 aliphatic carbocycles. The minimum atomic E-state index is -0.476. The number of hydrogen-bond donors (Lipinski definition) is 2. The van der Waals surface area contributed by atoms with Crippen molar-refractivity contribution >= 4 is 33.7 Å². The van der Waals surface area contributed by atoms with Gasteiger partial charge in [-0.15, -0.1) is 0 Å². The van der Waals surface area contributed by atoms with Gasteiger partial charge in [-0.1, -0.05) is 0 Å². The fourth-order valence-corrected chi connectivity index (χ4v) is 4.77. The summed E-state index contributed by atoms with van der Waals surface area (Å²) in [5, 5.41) is 11.3. The Hall–Kier alpha value is -4.51. The predicted molar refractivity (Wildman–Crippen MR) is 132 cm³/mol. The highest BCUT2D eigenvalue weighted by atomic mass is 19.1. The van der Waals surface area contributed by atoms with E-state index in [0.717, 1.165) is 42.0 Å². The summed E-state index contributed by atoms with van der Waals surface area (Å²) >= 11 is 0. The number of rotatable bonds is 4. The van der Waals surface area contributed by atoms with E-state index in [-0.39, 0.29) is 11.7 Å². The zero-order chi connectivity index (χ0) is 24.1. The van der Waals surface area contributed by atoms with Crippen molar-refractivity contribution < 1.29 is 13.9 Å². The first-order valence-corrected chi connectivity index (χ1v) is 11.6. The number of anilines is 3. The molecule has 1 saturated heterocycles. The molecule has 2 aliphatic heterocycles. The fourth-order valence-electron chi connectivity index (χ4n) is 4.77. The van der Waals surface area contributed by atoms with Gasteiger partial charge in [0.05, 0.1) is 28.3 Å². The fraction of sp³-hybridized carbons (Fsp3) is 0.200. The molecule has 7 rings (SSSR count). The van der Waals surface area contributed by atoms with Gasteiger partial charge < -0.3 is 25.0 Å². The minimum absolute atomic E-state index is 0.267. The lowest BCUT2D eigenvalue weighted by molar-refractivity contribution is 0.250. The summed E-state index contributed by atoms with van der Waals surface area (Å²) < 4.78 is 28.8. The molecular formula is C25H21FN8O2. The molecule has 2 aromatic carbocycles. The molecule has 2 N–H and O–H groups in total. The lowest BCUT2D eigenvalue weighted by atomic mass is 10.1. The van der Waals surface area contributed by atoms with Crippen LogP contribution in [0.5, 0.6) is 17.2 Å². The maximum atomic E-state index is 15.1. The second kappa shape index (κ2) is 8.31. The van der Waals surface area contributed by atoms with Crippen LogP contribution in [0.25, 0.3) is 16.6 Å². The Morgan fingerprint density at radius 1 is 1.06 bits per heavy atom. The van der Waals surface area contributed by atoms with Crippen LogP contribution < -0.4 is 25.0 Å². The predicted octanol–water partition coefficient (Wildman–Crippen LogP) is 3.52. The number of hydrogen-bond acceptors (Lipinski definition) is 9. The van der Waals surface area contributed by atoms with Gasteiger partial charge in [0, 0.05) is 38.0 Å². The first kappa shape index (κ1) is 20.8. The molecule has 3 aromatic heterocycles. The third-order valence-electron chi connectivity index (χ3n) is 6.50. The summed E-state index contributed by atoms with van der Waals surface area (Å²) in [6.45, 7) is 3.24. The van der Waals surface area contributed by atoms with Crippen molar-refractivity contribution in [2.45, 2.75) is 6.04 Å². The van der Waals surface area contributed by atoms with Crippen molar-refractivity contribution in [3.63, 3.8) is 0 Å². The number of nitrogens with zero attached hydrogens (tertiary/aromatic N) is 6. The quantitative estimate of drug-likeness (QED) is 0.397. The van der Waals surface area contributed by atoms with Gasteiger partial charge in [0.25, 0.3) is 0 Å². The maximum Gasteiger partial charge on any atom is 0.158 e. The Bertz CT molecular complexity index is 1610. The molecule has 11 heteroatoms. The van der Waals surface area contributed by atoms with Gasteiger partial charge in [-0.05, 0) is 30.3 Å². The van der Waals surface area contributed by atoms with Gasteiger partial charge in [0.2, 0.25) is 0 Å². The van der Waals surface area contributed by atoms with Crippen LogP contribution in [0.4, 0.5) is 21.6 Å². The smallest absolute Gasteiger partial charge is 0.158 e. The summed E-state index contributed by atoms with van der Waals surface area (Å²) in [7, 11) is 0. The van der Waals surface area contributed by atoms with Crippen molar-refractivity contribution in [2.75, 3.05) is 36.5 Å². The summed E-state index contributed by atoms with van der Waals surface area (Å²) in [6.07, 6.45) is 4.65. The molecular weight excluding hydrogens is 463 g/mol. The number of fused-ring (bicyclic) bond motifs is 6. The Labute approximate surface area is 204 Å². The standard InChI is InChI=1S/C25H21FN8O2/c26-18-9-16(36-17-5-7-34-22(10-17)29-14-31-34)1-2-19(18)32-25-23-20(28-13-30-25)3-4-21-24(23)35-12-15-11-27-6-8-33(15)21/h1-5,7,9-10,13-15,27H,6,8,11-12H2,(H,28,30,32)/t15-/m0/s1. The van der Waals surface area contributed by atoms with Crippen LogP contribution in [0, 0.1) is 5.82 Å². The lowest BCUT2D eigenvalue weighted by Gasteiger charge is -2.42. The Balaban J connectivity index is 1.20. The normalized spacial score (nSPS) is 16.9. The van der Waals surface area contributed by atoms with E-state index in [0.29, 0.717) is 29.6 Å². The van der Waals surface area contributed by atoms with E-state index in [1.165, 1.54) is 18.7 Å². The highest BCUT2D eigenvalue weighted by molar-refractivity contribution is 6.00. The van der Waals surface area contributed by atoms with Crippen LogP contribution in [-0.4, -0.2) is 56.8 Å². The average molecular weight is 484 g/mol. The number of nitrogens with one attached hydrogen (secondary N) is 2. The molecule has 36 heavy (non-hydrogen) atoms. The Morgan fingerprint density at radius 2 is 2.00 bits per heavy atom. The lowest BCUT2D eigenvalue weighted by Crippen LogP contribution is -2.55. The van der Waals surface area contributed by atoms with Crippen LogP contribution in [0.1, 0.15) is 0 Å². The van der Waals surface area contributed by atoms with E-state index in [2.05, 4.69) is 35.6 Å². The molecule has 5 aromatic rings. The molecule has 0 spiro atoms. The number of pyridine rings is 1. The van der Waals surface area contributed by atoms with Gasteiger partial charge >= 0.3 is 0 Å². The SMILES string of the molecule is Fc1cc(Oc2ccn3ncnc3c2)ccc1Nc1ncnc2ccc3c(c12)OC[C@@H]1CNCCN31. The van der Waals surface area contributed by atoms with Crippen LogP contribution in [0.2, 0.25) is 0 Å². The molecule has 1 fully saturated rings. The third kappa shape index (κ3) is 3.52. The van der Waals surface area contributed by atoms with Gasteiger partial charge in [-0.25, -0.2) is 23.9 Å². The average Bonchev–Trinajstić information content (AvgIpc) is 3.38. The van der Waals surface area contributed by atoms with Crippen molar-refractivity contribution in [1.29, 1.82) is 0 Å². The molecule has 0 unspecified atom stereocenters. The van der Waals surface area contributed by atoms with Crippen molar-refractivity contribution in [3.8, 4) is 17.2 Å². The summed E-state index contributed by atoms with van der Waals surface area (Å²) in [5.41, 5.74) is 2.64. The van der Waals surface area contributed by atoms with Crippen LogP contribution in [-0.2, 0) is 0 Å². The molecule has 0 radical (unpaired) electrons. The molecule has 1 atom stereocenters. The molecule has 180 valence electrons. The first-order valence-electron chi connectivity index (χ1n) is 11.6. The van der Waals surface area contributed by atoms with E-state index >= 15 is 4.39 Å². The molecule has 0 bridgehead atoms. The van der Waals surface area contributed by atoms with E-state index in [4.69, 9.17) is 9.47 Å². The number of benzene rings is 2. The van der Waals surface area contributed by atoms with Gasteiger partial charge in [-0.3, -0.25) is 0 Å². The van der Waals surface area contributed by atoms with E-state index < -0.39 is 5.82 Å². The summed E-state index contributed by atoms with van der Waals surface area (Å²) in [6, 6.07) is 12.4. The molecule has 5 heterocycles.